The lowest BCUT2D eigenvalue weighted by atomic mass is 10.5. The van der Waals surface area contributed by atoms with E-state index in [9.17, 15) is 0 Å². The first-order valence-electron chi connectivity index (χ1n) is 6.58. The highest BCUT2D eigenvalue weighted by atomic mass is 28.4. The molecule has 1 fully saturated rings. The van der Waals surface area contributed by atoms with Crippen LogP contribution in [0.2, 0.25) is 12.1 Å². The molecule has 2 atom stereocenters. The van der Waals surface area contributed by atoms with E-state index in [0.29, 0.717) is 0 Å². The van der Waals surface area contributed by atoms with Gasteiger partial charge in [0, 0.05) is 13.2 Å². The van der Waals surface area contributed by atoms with Gasteiger partial charge >= 0.3 is 0 Å². The van der Waals surface area contributed by atoms with Crippen LogP contribution in [0, 0.1) is 0 Å². The van der Waals surface area contributed by atoms with E-state index in [0.717, 1.165) is 31.7 Å². The smallest absolute Gasteiger partial charge is 0.260 e. The monoisotopic (exact) mass is 246 g/mol. The fraction of sp³-hybridized carbons (Fsp3) is 1.00. The molecule has 1 rings (SSSR count). The van der Waals surface area contributed by atoms with E-state index < -0.39 is 8.32 Å². The highest BCUT2D eigenvalue weighted by Gasteiger charge is 2.70. The summed E-state index contributed by atoms with van der Waals surface area (Å²) in [6.07, 6.45) is 1.24. The Balaban J connectivity index is 2.81. The van der Waals surface area contributed by atoms with Crippen molar-refractivity contribution in [2.75, 3.05) is 13.2 Å². The molecule has 0 saturated carbocycles. The van der Waals surface area contributed by atoms with E-state index in [-0.39, 0.29) is 11.5 Å². The van der Waals surface area contributed by atoms with Crippen molar-refractivity contribution in [2.24, 2.45) is 0 Å². The van der Waals surface area contributed by atoms with Gasteiger partial charge in [0.1, 0.15) is 6.10 Å². The average molecular weight is 246 g/mol. The summed E-state index contributed by atoms with van der Waals surface area (Å²) in [7, 11) is -1.90. The summed E-state index contributed by atoms with van der Waals surface area (Å²) in [5.74, 6) is 0. The summed E-state index contributed by atoms with van der Waals surface area (Å²) in [5, 5.41) is 0. The maximum Gasteiger partial charge on any atom is 0.260 e. The lowest BCUT2D eigenvalue weighted by Gasteiger charge is -2.34. The Morgan fingerprint density at radius 2 is 1.75 bits per heavy atom. The van der Waals surface area contributed by atoms with Crippen LogP contribution < -0.4 is 0 Å². The van der Waals surface area contributed by atoms with E-state index in [2.05, 4.69) is 34.6 Å². The van der Waals surface area contributed by atoms with E-state index in [1.165, 1.54) is 0 Å². The van der Waals surface area contributed by atoms with Gasteiger partial charge in [0.05, 0.1) is 0 Å². The molecule has 0 aromatic heterocycles. The fourth-order valence-corrected chi connectivity index (χ4v) is 6.71. The van der Waals surface area contributed by atoms with Crippen LogP contribution in [0.1, 0.15) is 41.0 Å². The van der Waals surface area contributed by atoms with Crippen LogP contribution in [-0.2, 0) is 13.9 Å². The van der Waals surface area contributed by atoms with E-state index in [4.69, 9.17) is 13.9 Å². The van der Waals surface area contributed by atoms with Gasteiger partial charge in [-0.2, -0.15) is 0 Å². The highest BCUT2D eigenvalue weighted by Crippen LogP contribution is 2.49. The largest absolute Gasteiger partial charge is 0.411 e. The first-order valence-corrected chi connectivity index (χ1v) is 8.90. The van der Waals surface area contributed by atoms with Gasteiger partial charge in [-0.15, -0.1) is 0 Å². The van der Waals surface area contributed by atoms with Gasteiger partial charge in [-0.3, -0.25) is 0 Å². The van der Waals surface area contributed by atoms with Gasteiger partial charge in [-0.25, -0.2) is 0 Å². The molecule has 0 bridgehead atoms. The maximum absolute atomic E-state index is 6.11. The summed E-state index contributed by atoms with van der Waals surface area (Å²) in [4.78, 5) is 0. The second-order valence-corrected chi connectivity index (χ2v) is 8.80. The molecule has 16 heavy (non-hydrogen) atoms. The number of epoxide rings is 1. The molecule has 96 valence electrons. The van der Waals surface area contributed by atoms with E-state index in [1.807, 2.05) is 0 Å². The van der Waals surface area contributed by atoms with Crippen molar-refractivity contribution in [1.82, 2.24) is 0 Å². The van der Waals surface area contributed by atoms with Crippen LogP contribution in [-0.4, -0.2) is 33.0 Å². The number of hydrogen-bond donors (Lipinski definition) is 0. The molecule has 4 heteroatoms. The lowest BCUT2D eigenvalue weighted by molar-refractivity contribution is -0.00712. The molecule has 1 aliphatic heterocycles. The van der Waals surface area contributed by atoms with Crippen molar-refractivity contribution in [3.63, 3.8) is 0 Å². The Morgan fingerprint density at radius 1 is 1.19 bits per heavy atom. The fourth-order valence-electron chi connectivity index (χ4n) is 2.57. The number of ether oxygens (including phenoxy) is 2. The van der Waals surface area contributed by atoms with Crippen molar-refractivity contribution in [1.29, 1.82) is 0 Å². The standard InChI is InChI=1S/C12H26O3Si/c1-6-10-13-12(11(5)15-12)16(8-3,9-4)14-7-2/h11H,6-10H2,1-5H3. The normalized spacial score (nSPS) is 29.4. The van der Waals surface area contributed by atoms with Gasteiger partial charge in [0.2, 0.25) is 5.41 Å². The molecule has 3 nitrogen and oxygen atoms in total. The van der Waals surface area contributed by atoms with E-state index >= 15 is 0 Å². The highest BCUT2D eigenvalue weighted by molar-refractivity contribution is 6.77. The molecule has 0 spiro atoms. The molecule has 2 unspecified atom stereocenters. The topological polar surface area (TPSA) is 31.0 Å². The van der Waals surface area contributed by atoms with Gasteiger partial charge < -0.3 is 13.9 Å². The van der Waals surface area contributed by atoms with Crippen molar-refractivity contribution in [3.8, 4) is 0 Å². The predicted molar refractivity (Wildman–Crippen MR) is 67.9 cm³/mol. The number of hydrogen-bond acceptors (Lipinski definition) is 3. The van der Waals surface area contributed by atoms with Crippen molar-refractivity contribution < 1.29 is 13.9 Å². The molecule has 0 aliphatic carbocycles. The third-order valence-electron chi connectivity index (χ3n) is 3.55. The Hall–Kier alpha value is 0.0969. The molecule has 0 amide bonds. The van der Waals surface area contributed by atoms with Crippen molar-refractivity contribution >= 4 is 8.32 Å². The SMILES string of the molecule is CCCOC1([Si](CC)(CC)OCC)OC1C. The summed E-state index contributed by atoms with van der Waals surface area (Å²) < 4.78 is 17.9. The van der Waals surface area contributed by atoms with Crippen LogP contribution in [0.3, 0.4) is 0 Å². The van der Waals surface area contributed by atoms with Crippen LogP contribution >= 0.6 is 0 Å². The van der Waals surface area contributed by atoms with Gasteiger partial charge in [-0.1, -0.05) is 20.8 Å². The van der Waals surface area contributed by atoms with Gasteiger partial charge in [0.15, 0.2) is 0 Å². The third-order valence-corrected chi connectivity index (χ3v) is 8.61. The molecule has 1 aliphatic rings. The van der Waals surface area contributed by atoms with Crippen LogP contribution in [0.5, 0.6) is 0 Å². The second kappa shape index (κ2) is 5.62. The minimum absolute atomic E-state index is 0.206. The summed E-state index contributed by atoms with van der Waals surface area (Å²) in [6, 6.07) is 2.12. The Kier molecular flexibility index (Phi) is 4.98. The minimum Gasteiger partial charge on any atom is -0.411 e. The molecular weight excluding hydrogens is 220 g/mol. The first kappa shape index (κ1) is 14.2. The van der Waals surface area contributed by atoms with Gasteiger partial charge in [-0.05, 0) is 32.4 Å². The molecule has 0 N–H and O–H groups in total. The molecule has 1 heterocycles. The number of rotatable bonds is 8. The van der Waals surface area contributed by atoms with Crippen LogP contribution in [0.4, 0.5) is 0 Å². The second-order valence-electron chi connectivity index (χ2n) is 4.41. The van der Waals surface area contributed by atoms with Crippen molar-refractivity contribution in [3.05, 3.63) is 0 Å². The molecule has 0 aromatic rings. The molecule has 0 radical (unpaired) electrons. The zero-order chi connectivity index (χ0) is 12.2. The van der Waals surface area contributed by atoms with Crippen molar-refractivity contribution in [2.45, 2.75) is 64.6 Å². The Morgan fingerprint density at radius 3 is 2.06 bits per heavy atom. The molecular formula is C12H26O3Si. The zero-order valence-electron chi connectivity index (χ0n) is 11.3. The minimum atomic E-state index is -1.90. The third kappa shape index (κ3) is 2.21. The summed E-state index contributed by atoms with van der Waals surface area (Å²) in [6.45, 7) is 12.2. The van der Waals surface area contributed by atoms with Crippen LogP contribution in [0.15, 0.2) is 0 Å². The molecule has 0 aromatic carbocycles. The molecule has 1 saturated heterocycles. The maximum atomic E-state index is 6.11. The summed E-state index contributed by atoms with van der Waals surface area (Å²) >= 11 is 0. The van der Waals surface area contributed by atoms with Gasteiger partial charge in [0.25, 0.3) is 8.32 Å². The predicted octanol–water partition coefficient (Wildman–Crippen LogP) is 3.09. The summed E-state index contributed by atoms with van der Waals surface area (Å²) in [5.41, 5.74) is -0.359. The Bertz CT molecular complexity index is 218. The van der Waals surface area contributed by atoms with Crippen LogP contribution in [0.25, 0.3) is 0 Å². The van der Waals surface area contributed by atoms with E-state index in [1.54, 1.807) is 0 Å². The quantitative estimate of drug-likeness (QED) is 0.487. The first-order chi connectivity index (χ1) is 7.62. The zero-order valence-corrected chi connectivity index (χ0v) is 12.3. The Labute approximate surface area is 101 Å². The lowest BCUT2D eigenvalue weighted by Crippen LogP contribution is -2.55. The average Bonchev–Trinajstić information content (AvgIpc) is 2.96.